The van der Waals surface area contributed by atoms with E-state index in [4.69, 9.17) is 23.2 Å². The molecule has 12 heteroatoms. The zero-order chi connectivity index (χ0) is 23.9. The van der Waals surface area contributed by atoms with Gasteiger partial charge >= 0.3 is 18.3 Å². The minimum absolute atomic E-state index is 0.0168. The first-order valence-corrected chi connectivity index (χ1v) is 9.76. The van der Waals surface area contributed by atoms with Gasteiger partial charge in [0.1, 0.15) is 12.0 Å². The van der Waals surface area contributed by atoms with E-state index in [0.29, 0.717) is 0 Å². The predicted octanol–water partition coefficient (Wildman–Crippen LogP) is 6.16. The quantitative estimate of drug-likeness (QED) is 0.374. The molecule has 0 amide bonds. The number of ether oxygens (including phenoxy) is 1. The molecule has 0 saturated heterocycles. The van der Waals surface area contributed by atoms with Crippen molar-refractivity contribution in [2.45, 2.75) is 37.7 Å². The molecule has 2 heterocycles. The summed E-state index contributed by atoms with van der Waals surface area (Å²) < 4.78 is 87.5. The van der Waals surface area contributed by atoms with Gasteiger partial charge in [-0.1, -0.05) is 29.3 Å². The number of esters is 1. The van der Waals surface area contributed by atoms with Gasteiger partial charge in [0.15, 0.2) is 5.69 Å². The number of aromatic nitrogens is 1. The van der Waals surface area contributed by atoms with Crippen LogP contribution in [-0.2, 0) is 27.7 Å². The average Bonchev–Trinajstić information content (AvgIpc) is 3.11. The van der Waals surface area contributed by atoms with Crippen LogP contribution in [0.2, 0.25) is 10.0 Å². The zero-order valence-electron chi connectivity index (χ0n) is 16.2. The molecule has 4 nitrogen and oxygen atoms in total. The number of rotatable bonds is 4. The molecule has 0 bridgehead atoms. The van der Waals surface area contributed by atoms with Crippen molar-refractivity contribution in [1.82, 2.24) is 4.98 Å². The number of hydrogen-bond donors (Lipinski definition) is 0. The molecule has 1 aromatic carbocycles. The highest BCUT2D eigenvalue weighted by atomic mass is 35.5. The molecular weight excluding hydrogens is 485 g/mol. The van der Waals surface area contributed by atoms with Crippen molar-refractivity contribution in [2.75, 3.05) is 6.54 Å². The summed E-state index contributed by atoms with van der Waals surface area (Å²) >= 11 is 11.7. The number of carbonyl (C=O) groups is 1. The van der Waals surface area contributed by atoms with E-state index in [0.717, 1.165) is 31.2 Å². The summed E-state index contributed by atoms with van der Waals surface area (Å²) in [4.78, 5) is 18.3. The number of alkyl halides is 6. The van der Waals surface area contributed by atoms with E-state index in [1.54, 1.807) is 0 Å². The number of aliphatic imine (C=N–C) groups is 1. The summed E-state index contributed by atoms with van der Waals surface area (Å²) in [7, 11) is 0. The maximum Gasteiger partial charge on any atom is 0.433 e. The minimum atomic E-state index is -4.92. The summed E-state index contributed by atoms with van der Waals surface area (Å²) in [6.07, 6.45) is -10.5. The lowest BCUT2D eigenvalue weighted by Gasteiger charge is -2.31. The first kappa shape index (κ1) is 24.3. The topological polar surface area (TPSA) is 51.5 Å². The lowest BCUT2D eigenvalue weighted by atomic mass is 9.77. The Morgan fingerprint density at radius 3 is 2.25 bits per heavy atom. The highest BCUT2D eigenvalue weighted by Gasteiger charge is 2.58. The van der Waals surface area contributed by atoms with Gasteiger partial charge in [-0.15, -0.1) is 0 Å². The number of pyridine rings is 1. The molecule has 0 aliphatic carbocycles. The molecule has 1 unspecified atom stereocenters. The Labute approximate surface area is 188 Å². The van der Waals surface area contributed by atoms with E-state index in [-0.39, 0.29) is 27.0 Å². The predicted molar refractivity (Wildman–Crippen MR) is 105 cm³/mol. The van der Waals surface area contributed by atoms with E-state index in [2.05, 4.69) is 14.7 Å². The molecule has 0 fully saturated rings. The second kappa shape index (κ2) is 8.55. The number of benzene rings is 1. The van der Waals surface area contributed by atoms with Crippen LogP contribution in [0, 0.1) is 0 Å². The van der Waals surface area contributed by atoms with E-state index in [9.17, 15) is 31.1 Å². The Morgan fingerprint density at radius 2 is 1.72 bits per heavy atom. The van der Waals surface area contributed by atoms with Gasteiger partial charge in [-0.3, -0.25) is 9.79 Å². The third-order valence-corrected chi connectivity index (χ3v) is 5.38. The van der Waals surface area contributed by atoms with Gasteiger partial charge in [-0.05, 0) is 29.8 Å². The molecule has 1 aliphatic rings. The maximum atomic E-state index is 14.2. The fraction of sp³-hybridized carbons (Fsp3) is 0.350. The molecule has 0 radical (unpaired) electrons. The summed E-state index contributed by atoms with van der Waals surface area (Å²) in [6, 6.07) is 5.60. The molecule has 0 N–H and O–H groups in total. The van der Waals surface area contributed by atoms with Crippen LogP contribution in [0.5, 0.6) is 0 Å². The Bertz CT molecular complexity index is 1060. The molecule has 1 atom stereocenters. The van der Waals surface area contributed by atoms with Crippen LogP contribution in [0.15, 0.2) is 35.3 Å². The largest absolute Gasteiger partial charge is 0.461 e. The van der Waals surface area contributed by atoms with Crippen LogP contribution in [0.25, 0.3) is 0 Å². The SMILES string of the molecule is CC(=O)OCc1ccc(C2=NCC(c3cc(Cl)cc(Cl)c3)(C(F)(F)F)C2)nc1C(F)(F)F. The van der Waals surface area contributed by atoms with Crippen molar-refractivity contribution < 1.29 is 35.9 Å². The summed E-state index contributed by atoms with van der Waals surface area (Å²) in [5.74, 6) is -0.794. The summed E-state index contributed by atoms with van der Waals surface area (Å²) in [5.41, 5.74) is -5.17. The molecule has 1 aromatic heterocycles. The molecule has 0 spiro atoms. The number of nitrogens with zero attached hydrogens (tertiary/aromatic N) is 2. The van der Waals surface area contributed by atoms with Crippen LogP contribution < -0.4 is 0 Å². The number of halogens is 8. The van der Waals surface area contributed by atoms with Crippen molar-refractivity contribution in [3.8, 4) is 0 Å². The van der Waals surface area contributed by atoms with Crippen molar-refractivity contribution in [3.05, 3.63) is 62.9 Å². The van der Waals surface area contributed by atoms with Gasteiger partial charge in [0, 0.05) is 29.0 Å². The van der Waals surface area contributed by atoms with Crippen molar-refractivity contribution in [1.29, 1.82) is 0 Å². The normalized spacial score (nSPS) is 19.1. The van der Waals surface area contributed by atoms with Crippen molar-refractivity contribution in [2.24, 2.45) is 4.99 Å². The van der Waals surface area contributed by atoms with E-state index in [1.807, 2.05) is 0 Å². The van der Waals surface area contributed by atoms with Crippen LogP contribution in [0.3, 0.4) is 0 Å². The highest BCUT2D eigenvalue weighted by Crippen LogP contribution is 2.48. The minimum Gasteiger partial charge on any atom is -0.461 e. The molecule has 2 aromatic rings. The smallest absolute Gasteiger partial charge is 0.433 e. The van der Waals surface area contributed by atoms with E-state index < -0.39 is 54.6 Å². The number of hydrogen-bond acceptors (Lipinski definition) is 4. The maximum absolute atomic E-state index is 14.2. The second-order valence-corrected chi connectivity index (χ2v) is 8.03. The Hall–Kier alpha value is -2.33. The summed E-state index contributed by atoms with van der Waals surface area (Å²) in [5, 5.41) is -0.0336. The fourth-order valence-corrected chi connectivity index (χ4v) is 3.89. The first-order valence-electron chi connectivity index (χ1n) is 9.00. The average molecular weight is 499 g/mol. The van der Waals surface area contributed by atoms with E-state index in [1.165, 1.54) is 6.07 Å². The van der Waals surface area contributed by atoms with E-state index >= 15 is 0 Å². The molecule has 172 valence electrons. The highest BCUT2D eigenvalue weighted by molar-refractivity contribution is 6.34. The van der Waals surface area contributed by atoms with Crippen LogP contribution >= 0.6 is 23.2 Å². The third-order valence-electron chi connectivity index (χ3n) is 4.94. The summed E-state index contributed by atoms with van der Waals surface area (Å²) in [6.45, 7) is -0.417. The van der Waals surface area contributed by atoms with Crippen LogP contribution in [0.1, 0.15) is 35.9 Å². The molecule has 32 heavy (non-hydrogen) atoms. The zero-order valence-corrected chi connectivity index (χ0v) is 17.8. The first-order chi connectivity index (χ1) is 14.7. The van der Waals surface area contributed by atoms with Crippen molar-refractivity contribution in [3.63, 3.8) is 0 Å². The molecule has 0 saturated carbocycles. The molecular formula is C20H14Cl2F6N2O2. The van der Waals surface area contributed by atoms with Gasteiger partial charge in [0.2, 0.25) is 0 Å². The standard InChI is InChI=1S/C20H14Cl2F6N2O2/c1-10(31)32-8-11-2-3-15(30-17(11)19(23,24)25)16-7-18(9-29-16,20(26,27)28)12-4-13(21)6-14(22)5-12/h2-6H,7-9H2,1H3. The van der Waals surface area contributed by atoms with Gasteiger partial charge in [-0.2, -0.15) is 26.3 Å². The Balaban J connectivity index is 2.02. The Kier molecular flexibility index (Phi) is 6.50. The van der Waals surface area contributed by atoms with Gasteiger partial charge in [0.05, 0.1) is 18.0 Å². The van der Waals surface area contributed by atoms with Gasteiger partial charge in [-0.25, -0.2) is 4.98 Å². The monoisotopic (exact) mass is 498 g/mol. The lowest BCUT2D eigenvalue weighted by Crippen LogP contribution is -2.43. The second-order valence-electron chi connectivity index (χ2n) is 7.16. The fourth-order valence-electron chi connectivity index (χ4n) is 3.37. The number of carbonyl (C=O) groups excluding carboxylic acids is 1. The van der Waals surface area contributed by atoms with Gasteiger partial charge in [0.25, 0.3) is 0 Å². The molecule has 1 aliphatic heterocycles. The van der Waals surface area contributed by atoms with Crippen LogP contribution in [0.4, 0.5) is 26.3 Å². The third kappa shape index (κ3) is 4.85. The van der Waals surface area contributed by atoms with Gasteiger partial charge < -0.3 is 4.74 Å². The van der Waals surface area contributed by atoms with Crippen molar-refractivity contribution >= 4 is 34.9 Å². The lowest BCUT2D eigenvalue weighted by molar-refractivity contribution is -0.183. The Morgan fingerprint density at radius 1 is 1.09 bits per heavy atom. The molecule has 3 rings (SSSR count). The van der Waals surface area contributed by atoms with Crippen LogP contribution in [-0.4, -0.2) is 29.4 Å².